The average Bonchev–Trinajstić information content (AvgIpc) is 2.92. The Morgan fingerprint density at radius 3 is 2.90 bits per heavy atom. The highest BCUT2D eigenvalue weighted by atomic mass is 35.5. The number of carbonyl (C=O) groups excluding carboxylic acids is 1. The Bertz CT molecular complexity index is 518. The Morgan fingerprint density at radius 2 is 2.25 bits per heavy atom. The van der Waals surface area contributed by atoms with Gasteiger partial charge in [0.25, 0.3) is 0 Å². The number of halogens is 1. The number of benzene rings is 1. The number of hydrogen-bond acceptors (Lipinski definition) is 3. The van der Waals surface area contributed by atoms with E-state index in [0.717, 1.165) is 12.2 Å². The maximum Gasteiger partial charge on any atom is 0.335 e. The Balaban J connectivity index is 1.92. The number of amides is 2. The fourth-order valence-corrected chi connectivity index (χ4v) is 3.30. The highest BCUT2D eigenvalue weighted by Gasteiger charge is 2.16. The third kappa shape index (κ3) is 4.05. The Hall–Kier alpha value is -1.40. The topological polar surface area (TPSA) is 78.4 Å². The molecule has 1 unspecified atom stereocenters. The van der Waals surface area contributed by atoms with Crippen molar-refractivity contribution in [2.75, 3.05) is 17.6 Å². The molecule has 20 heavy (non-hydrogen) atoms. The van der Waals surface area contributed by atoms with Gasteiger partial charge in [-0.25, -0.2) is 9.59 Å². The number of urea groups is 1. The van der Waals surface area contributed by atoms with Gasteiger partial charge in [-0.1, -0.05) is 11.6 Å². The predicted molar refractivity (Wildman–Crippen MR) is 80.9 cm³/mol. The molecule has 1 saturated heterocycles. The van der Waals surface area contributed by atoms with E-state index in [0.29, 0.717) is 22.5 Å². The maximum atomic E-state index is 11.8. The summed E-state index contributed by atoms with van der Waals surface area (Å²) in [5.74, 6) is 0.0768. The summed E-state index contributed by atoms with van der Waals surface area (Å²) in [6.45, 7) is 0.604. The summed E-state index contributed by atoms with van der Waals surface area (Å²) < 4.78 is 0. The molecular formula is C13H15ClN2O3S. The second-order valence-corrected chi connectivity index (χ2v) is 6.29. The van der Waals surface area contributed by atoms with E-state index < -0.39 is 5.97 Å². The molecule has 3 N–H and O–H groups in total. The molecule has 1 fully saturated rings. The van der Waals surface area contributed by atoms with Gasteiger partial charge in [0.2, 0.25) is 0 Å². The molecule has 2 rings (SSSR count). The van der Waals surface area contributed by atoms with Gasteiger partial charge >= 0.3 is 12.0 Å². The van der Waals surface area contributed by atoms with Crippen molar-refractivity contribution in [2.45, 2.75) is 18.1 Å². The lowest BCUT2D eigenvalue weighted by atomic mass is 10.2. The van der Waals surface area contributed by atoms with E-state index in [9.17, 15) is 9.59 Å². The molecule has 1 aliphatic rings. The Kier molecular flexibility index (Phi) is 5.14. The van der Waals surface area contributed by atoms with E-state index in [-0.39, 0.29) is 11.6 Å². The minimum atomic E-state index is -1.06. The summed E-state index contributed by atoms with van der Waals surface area (Å²) >= 11 is 7.79. The van der Waals surface area contributed by atoms with Crippen LogP contribution in [0.2, 0.25) is 5.02 Å². The van der Waals surface area contributed by atoms with E-state index in [1.807, 2.05) is 11.8 Å². The van der Waals surface area contributed by atoms with Crippen molar-refractivity contribution in [1.29, 1.82) is 0 Å². The maximum absolute atomic E-state index is 11.8. The highest BCUT2D eigenvalue weighted by molar-refractivity contribution is 8.00. The third-order valence-corrected chi connectivity index (χ3v) is 4.70. The van der Waals surface area contributed by atoms with Crippen LogP contribution in [-0.2, 0) is 0 Å². The summed E-state index contributed by atoms with van der Waals surface area (Å²) in [6.07, 6.45) is 2.30. The molecule has 0 radical (unpaired) electrons. The first-order valence-electron chi connectivity index (χ1n) is 6.25. The van der Waals surface area contributed by atoms with Crippen LogP contribution in [0.25, 0.3) is 0 Å². The minimum Gasteiger partial charge on any atom is -0.478 e. The van der Waals surface area contributed by atoms with Gasteiger partial charge < -0.3 is 15.7 Å². The van der Waals surface area contributed by atoms with Crippen molar-refractivity contribution in [3.63, 3.8) is 0 Å². The molecule has 1 aromatic carbocycles. The van der Waals surface area contributed by atoms with E-state index in [2.05, 4.69) is 10.6 Å². The van der Waals surface area contributed by atoms with Gasteiger partial charge in [-0.05, 0) is 36.8 Å². The molecule has 1 atom stereocenters. The molecule has 0 saturated carbocycles. The van der Waals surface area contributed by atoms with E-state index in [1.54, 1.807) is 0 Å². The van der Waals surface area contributed by atoms with Crippen molar-refractivity contribution in [1.82, 2.24) is 5.32 Å². The third-order valence-electron chi connectivity index (χ3n) is 2.98. The standard InChI is InChI=1S/C13H15ClN2O3S/c14-10-4-3-8(12(17)18)6-11(10)16-13(19)15-7-9-2-1-5-20-9/h3-4,6,9H,1-2,5,7H2,(H,17,18)(H2,15,16,19). The summed E-state index contributed by atoms with van der Waals surface area (Å²) in [5, 5.41) is 15.0. The van der Waals surface area contributed by atoms with Gasteiger partial charge in [-0.3, -0.25) is 0 Å². The largest absolute Gasteiger partial charge is 0.478 e. The first kappa shape index (κ1) is 15.0. The second kappa shape index (κ2) is 6.85. The van der Waals surface area contributed by atoms with Crippen molar-refractivity contribution in [2.24, 2.45) is 0 Å². The fraction of sp³-hybridized carbons (Fsp3) is 0.385. The molecule has 108 valence electrons. The second-order valence-electron chi connectivity index (χ2n) is 4.47. The number of rotatable bonds is 4. The van der Waals surface area contributed by atoms with E-state index in [4.69, 9.17) is 16.7 Å². The summed E-state index contributed by atoms with van der Waals surface area (Å²) in [7, 11) is 0. The number of nitrogens with one attached hydrogen (secondary N) is 2. The molecular weight excluding hydrogens is 300 g/mol. The van der Waals surface area contributed by atoms with Crippen LogP contribution in [0.3, 0.4) is 0 Å². The lowest BCUT2D eigenvalue weighted by molar-refractivity contribution is 0.0697. The monoisotopic (exact) mass is 314 g/mol. The van der Waals surface area contributed by atoms with Crippen molar-refractivity contribution >= 4 is 41.1 Å². The zero-order valence-electron chi connectivity index (χ0n) is 10.7. The van der Waals surface area contributed by atoms with Crippen LogP contribution in [0.1, 0.15) is 23.2 Å². The molecule has 5 nitrogen and oxygen atoms in total. The minimum absolute atomic E-state index is 0.0797. The van der Waals surface area contributed by atoms with Crippen LogP contribution in [0.15, 0.2) is 18.2 Å². The summed E-state index contributed by atoms with van der Waals surface area (Å²) in [5.41, 5.74) is 0.374. The number of thioether (sulfide) groups is 1. The van der Waals surface area contributed by atoms with Crippen LogP contribution >= 0.6 is 23.4 Å². The molecule has 0 bridgehead atoms. The van der Waals surface area contributed by atoms with Crippen molar-refractivity contribution < 1.29 is 14.7 Å². The molecule has 0 aliphatic carbocycles. The van der Waals surface area contributed by atoms with Crippen LogP contribution in [0, 0.1) is 0 Å². The SMILES string of the molecule is O=C(NCC1CCCS1)Nc1cc(C(=O)O)ccc1Cl. The van der Waals surface area contributed by atoms with Crippen molar-refractivity contribution in [3.8, 4) is 0 Å². The Labute approximate surface area is 126 Å². The van der Waals surface area contributed by atoms with Gasteiger partial charge in [0.1, 0.15) is 0 Å². The van der Waals surface area contributed by atoms with Crippen LogP contribution in [0.4, 0.5) is 10.5 Å². The number of carbonyl (C=O) groups is 2. The molecule has 0 spiro atoms. The van der Waals surface area contributed by atoms with E-state index >= 15 is 0 Å². The molecule has 1 aliphatic heterocycles. The predicted octanol–water partition coefficient (Wildman–Crippen LogP) is 3.06. The van der Waals surface area contributed by atoms with Crippen molar-refractivity contribution in [3.05, 3.63) is 28.8 Å². The summed E-state index contributed by atoms with van der Waals surface area (Å²) in [6, 6.07) is 3.81. The Morgan fingerprint density at radius 1 is 1.45 bits per heavy atom. The number of carboxylic acid groups (broad SMARTS) is 1. The number of anilines is 1. The van der Waals surface area contributed by atoms with Crippen LogP contribution < -0.4 is 10.6 Å². The molecule has 1 heterocycles. The zero-order chi connectivity index (χ0) is 14.5. The van der Waals surface area contributed by atoms with Gasteiger partial charge in [0, 0.05) is 11.8 Å². The number of hydrogen-bond donors (Lipinski definition) is 3. The lowest BCUT2D eigenvalue weighted by Crippen LogP contribution is -2.33. The molecule has 7 heteroatoms. The lowest BCUT2D eigenvalue weighted by Gasteiger charge is -2.12. The first-order valence-corrected chi connectivity index (χ1v) is 7.68. The number of aromatic carboxylic acids is 1. The fourth-order valence-electron chi connectivity index (χ4n) is 1.93. The summed E-state index contributed by atoms with van der Waals surface area (Å²) in [4.78, 5) is 22.6. The van der Waals surface area contributed by atoms with Gasteiger partial charge in [0.05, 0.1) is 16.3 Å². The molecule has 0 aromatic heterocycles. The van der Waals surface area contributed by atoms with Gasteiger partial charge in [-0.2, -0.15) is 11.8 Å². The van der Waals surface area contributed by atoms with Gasteiger partial charge in [-0.15, -0.1) is 0 Å². The van der Waals surface area contributed by atoms with Gasteiger partial charge in [0.15, 0.2) is 0 Å². The zero-order valence-corrected chi connectivity index (χ0v) is 12.3. The normalized spacial score (nSPS) is 17.8. The number of carboxylic acids is 1. The van der Waals surface area contributed by atoms with Crippen LogP contribution in [-0.4, -0.2) is 34.7 Å². The average molecular weight is 315 g/mol. The molecule has 2 amide bonds. The molecule has 1 aromatic rings. The van der Waals surface area contributed by atoms with Crippen LogP contribution in [0.5, 0.6) is 0 Å². The smallest absolute Gasteiger partial charge is 0.335 e. The highest BCUT2D eigenvalue weighted by Crippen LogP contribution is 2.25. The quantitative estimate of drug-likeness (QED) is 0.798. The first-order chi connectivity index (χ1) is 9.56. The van der Waals surface area contributed by atoms with E-state index in [1.165, 1.54) is 24.6 Å².